The predicted octanol–water partition coefficient (Wildman–Crippen LogP) is 4.21. The van der Waals surface area contributed by atoms with E-state index in [2.05, 4.69) is 23.8 Å². The second kappa shape index (κ2) is 7.33. The van der Waals surface area contributed by atoms with Crippen molar-refractivity contribution in [2.24, 2.45) is 0 Å². The van der Waals surface area contributed by atoms with Crippen molar-refractivity contribution in [1.82, 2.24) is 14.5 Å². The number of rotatable bonds is 6. The lowest BCUT2D eigenvalue weighted by atomic mass is 10.2. The first kappa shape index (κ1) is 16.8. The molecule has 1 atom stereocenters. The number of ether oxygens (including phenoxy) is 2. The fourth-order valence-electron chi connectivity index (χ4n) is 3.02. The Morgan fingerprint density at radius 2 is 2.12 bits per heavy atom. The van der Waals surface area contributed by atoms with Gasteiger partial charge in [-0.3, -0.25) is 4.57 Å². The van der Waals surface area contributed by atoms with E-state index in [4.69, 9.17) is 13.9 Å². The molecule has 136 valence electrons. The second-order valence-corrected chi connectivity index (χ2v) is 6.79. The monoisotopic (exact) mass is 353 g/mol. The highest BCUT2D eigenvalue weighted by Crippen LogP contribution is 2.25. The topological polar surface area (TPSA) is 62.3 Å². The van der Waals surface area contributed by atoms with Gasteiger partial charge in [-0.05, 0) is 37.1 Å². The van der Waals surface area contributed by atoms with Gasteiger partial charge in [0, 0.05) is 30.6 Å². The first-order valence-electron chi connectivity index (χ1n) is 9.04. The average Bonchev–Trinajstić information content (AvgIpc) is 3.41. The van der Waals surface area contributed by atoms with E-state index in [0.717, 1.165) is 42.4 Å². The third kappa shape index (κ3) is 3.51. The van der Waals surface area contributed by atoms with Crippen LogP contribution < -0.4 is 4.74 Å². The molecule has 0 amide bonds. The van der Waals surface area contributed by atoms with Gasteiger partial charge in [-0.1, -0.05) is 13.8 Å². The zero-order valence-corrected chi connectivity index (χ0v) is 15.1. The Bertz CT molecular complexity index is 845. The van der Waals surface area contributed by atoms with Crippen molar-refractivity contribution < 1.29 is 13.9 Å². The van der Waals surface area contributed by atoms with Crippen molar-refractivity contribution >= 4 is 0 Å². The lowest BCUT2D eigenvalue weighted by molar-refractivity contribution is 0.0679. The molecular formula is C20H23N3O3. The van der Waals surface area contributed by atoms with Crippen molar-refractivity contribution in [3.8, 4) is 23.0 Å². The summed E-state index contributed by atoms with van der Waals surface area (Å²) in [6.45, 7) is 5.55. The first-order valence-corrected chi connectivity index (χ1v) is 9.04. The lowest BCUT2D eigenvalue weighted by Crippen LogP contribution is -2.16. The molecule has 4 rings (SSSR count). The number of imidazole rings is 1. The molecule has 1 aromatic carbocycles. The van der Waals surface area contributed by atoms with E-state index < -0.39 is 0 Å². The standard InChI is InChI=1S/C20H23N3O3/c1-14(2)20-22-18(13-26-20)19-21-9-10-23(19)15-5-7-16(8-6-15)25-12-17-4-3-11-24-17/h5-10,13-14,17H,3-4,11-12H2,1-2H3. The summed E-state index contributed by atoms with van der Waals surface area (Å²) in [4.78, 5) is 8.98. The summed E-state index contributed by atoms with van der Waals surface area (Å²) in [6.07, 6.45) is 7.76. The summed E-state index contributed by atoms with van der Waals surface area (Å²) in [5.74, 6) is 2.56. The van der Waals surface area contributed by atoms with Crippen LogP contribution in [-0.2, 0) is 4.74 Å². The maximum Gasteiger partial charge on any atom is 0.197 e. The van der Waals surface area contributed by atoms with E-state index in [1.165, 1.54) is 0 Å². The van der Waals surface area contributed by atoms with Crippen LogP contribution in [-0.4, -0.2) is 33.9 Å². The van der Waals surface area contributed by atoms with Crippen LogP contribution >= 0.6 is 0 Å². The molecule has 6 nitrogen and oxygen atoms in total. The zero-order chi connectivity index (χ0) is 17.9. The fourth-order valence-corrected chi connectivity index (χ4v) is 3.02. The Hall–Kier alpha value is -2.60. The minimum atomic E-state index is 0.220. The molecule has 6 heteroatoms. The molecule has 3 aromatic rings. The van der Waals surface area contributed by atoms with Crippen LogP contribution in [0.4, 0.5) is 0 Å². The van der Waals surface area contributed by atoms with Gasteiger partial charge < -0.3 is 13.9 Å². The van der Waals surface area contributed by atoms with Crippen molar-refractivity contribution in [1.29, 1.82) is 0 Å². The Morgan fingerprint density at radius 1 is 1.27 bits per heavy atom. The number of aromatic nitrogens is 3. The van der Waals surface area contributed by atoms with Crippen molar-refractivity contribution in [2.75, 3.05) is 13.2 Å². The third-order valence-corrected chi connectivity index (χ3v) is 4.46. The summed E-state index contributed by atoms with van der Waals surface area (Å²) in [7, 11) is 0. The highest BCUT2D eigenvalue weighted by atomic mass is 16.5. The van der Waals surface area contributed by atoms with Crippen LogP contribution in [0, 0.1) is 0 Å². The smallest absolute Gasteiger partial charge is 0.197 e. The molecule has 0 saturated carbocycles. The van der Waals surface area contributed by atoms with Crippen LogP contribution in [0.25, 0.3) is 17.2 Å². The number of benzene rings is 1. The van der Waals surface area contributed by atoms with Gasteiger partial charge in [0.05, 0.1) is 6.10 Å². The number of nitrogens with zero attached hydrogens (tertiary/aromatic N) is 3. The van der Waals surface area contributed by atoms with E-state index in [9.17, 15) is 0 Å². The largest absolute Gasteiger partial charge is 0.491 e. The quantitative estimate of drug-likeness (QED) is 0.664. The maximum atomic E-state index is 5.83. The first-order chi connectivity index (χ1) is 12.7. The van der Waals surface area contributed by atoms with Gasteiger partial charge in [-0.15, -0.1) is 0 Å². The van der Waals surface area contributed by atoms with Crippen LogP contribution in [0.2, 0.25) is 0 Å². The highest BCUT2D eigenvalue weighted by Gasteiger charge is 2.17. The third-order valence-electron chi connectivity index (χ3n) is 4.46. The number of hydrogen-bond donors (Lipinski definition) is 0. The van der Waals surface area contributed by atoms with Gasteiger partial charge in [0.25, 0.3) is 0 Å². The maximum absolute atomic E-state index is 5.83. The summed E-state index contributed by atoms with van der Waals surface area (Å²) >= 11 is 0. The molecule has 1 saturated heterocycles. The molecule has 26 heavy (non-hydrogen) atoms. The second-order valence-electron chi connectivity index (χ2n) is 6.79. The number of hydrogen-bond acceptors (Lipinski definition) is 5. The zero-order valence-electron chi connectivity index (χ0n) is 15.1. The lowest BCUT2D eigenvalue weighted by Gasteiger charge is -2.12. The minimum Gasteiger partial charge on any atom is -0.491 e. The van der Waals surface area contributed by atoms with Gasteiger partial charge in [-0.2, -0.15) is 0 Å². The molecule has 0 spiro atoms. The van der Waals surface area contributed by atoms with Crippen molar-refractivity contribution in [2.45, 2.75) is 38.7 Å². The van der Waals surface area contributed by atoms with Gasteiger partial charge in [0.15, 0.2) is 11.7 Å². The predicted molar refractivity (Wildman–Crippen MR) is 97.6 cm³/mol. The SMILES string of the molecule is CC(C)c1nc(-c2nccn2-c2ccc(OCC3CCCO3)cc2)co1. The highest BCUT2D eigenvalue weighted by molar-refractivity contribution is 5.53. The molecule has 1 aliphatic heterocycles. The van der Waals surface area contributed by atoms with E-state index in [1.807, 2.05) is 35.0 Å². The summed E-state index contributed by atoms with van der Waals surface area (Å²) in [5, 5.41) is 0. The Labute approximate surface area is 152 Å². The number of oxazole rings is 1. The molecule has 0 aliphatic carbocycles. The van der Waals surface area contributed by atoms with E-state index in [-0.39, 0.29) is 12.0 Å². The molecular weight excluding hydrogens is 330 g/mol. The molecule has 2 aromatic heterocycles. The Balaban J connectivity index is 1.50. The van der Waals surface area contributed by atoms with Crippen LogP contribution in [0.3, 0.4) is 0 Å². The summed E-state index contributed by atoms with van der Waals surface area (Å²) in [5.41, 5.74) is 1.73. The summed E-state index contributed by atoms with van der Waals surface area (Å²) < 4.78 is 19.0. The molecule has 3 heterocycles. The van der Waals surface area contributed by atoms with E-state index >= 15 is 0 Å². The van der Waals surface area contributed by atoms with Crippen molar-refractivity contribution in [3.63, 3.8) is 0 Å². The van der Waals surface area contributed by atoms with Crippen molar-refractivity contribution in [3.05, 3.63) is 48.8 Å². The molecule has 0 radical (unpaired) electrons. The van der Waals surface area contributed by atoms with Gasteiger partial charge in [0.1, 0.15) is 24.3 Å². The normalized spacial score (nSPS) is 17.1. The van der Waals surface area contributed by atoms with E-state index in [1.54, 1.807) is 12.5 Å². The van der Waals surface area contributed by atoms with Crippen LogP contribution in [0.1, 0.15) is 38.5 Å². The van der Waals surface area contributed by atoms with Crippen LogP contribution in [0.5, 0.6) is 5.75 Å². The Kier molecular flexibility index (Phi) is 4.75. The molecule has 1 fully saturated rings. The van der Waals surface area contributed by atoms with Gasteiger partial charge in [-0.25, -0.2) is 9.97 Å². The molecule has 1 aliphatic rings. The molecule has 1 unspecified atom stereocenters. The molecule has 0 bridgehead atoms. The summed E-state index contributed by atoms with van der Waals surface area (Å²) in [6, 6.07) is 7.96. The van der Waals surface area contributed by atoms with Gasteiger partial charge >= 0.3 is 0 Å². The minimum absolute atomic E-state index is 0.220. The van der Waals surface area contributed by atoms with Gasteiger partial charge in [0.2, 0.25) is 0 Å². The Morgan fingerprint density at radius 3 is 2.81 bits per heavy atom. The van der Waals surface area contributed by atoms with E-state index in [0.29, 0.717) is 12.5 Å². The average molecular weight is 353 g/mol. The molecule has 0 N–H and O–H groups in total. The fraction of sp³-hybridized carbons (Fsp3) is 0.400. The van der Waals surface area contributed by atoms with Crippen LogP contribution in [0.15, 0.2) is 47.3 Å².